The third-order valence-electron chi connectivity index (χ3n) is 13.9. The second-order valence-corrected chi connectivity index (χ2v) is 20.4. The second-order valence-electron chi connectivity index (χ2n) is 20.4. The quantitative estimate of drug-likeness (QED) is 0.0196. The first-order valence-electron chi connectivity index (χ1n) is 29.0. The Labute approximate surface area is 417 Å². The van der Waals surface area contributed by atoms with Crippen molar-refractivity contribution in [2.75, 3.05) is 19.8 Å². The van der Waals surface area contributed by atoms with Gasteiger partial charge in [-0.25, -0.2) is 0 Å². The van der Waals surface area contributed by atoms with Crippen LogP contribution in [0.3, 0.4) is 0 Å². The minimum Gasteiger partial charge on any atom is -0.466 e. The predicted molar refractivity (Wildman–Crippen MR) is 278 cm³/mol. The van der Waals surface area contributed by atoms with Crippen molar-refractivity contribution in [3.63, 3.8) is 0 Å². The van der Waals surface area contributed by atoms with Crippen LogP contribution >= 0.6 is 0 Å². The molecule has 0 saturated carbocycles. The number of aliphatic hydroxyl groups excluding tert-OH is 5. The zero-order chi connectivity index (χ0) is 49.6. The molecule has 0 spiro atoms. The van der Waals surface area contributed by atoms with Gasteiger partial charge in [0.1, 0.15) is 24.4 Å². The molecule has 0 aromatic heterocycles. The van der Waals surface area contributed by atoms with Crippen molar-refractivity contribution in [2.45, 2.75) is 320 Å². The summed E-state index contributed by atoms with van der Waals surface area (Å²) in [5.41, 5.74) is 0. The fourth-order valence-corrected chi connectivity index (χ4v) is 9.26. The summed E-state index contributed by atoms with van der Waals surface area (Å²) in [7, 11) is 0. The van der Waals surface area contributed by atoms with Gasteiger partial charge < -0.3 is 45.1 Å². The maximum atomic E-state index is 13.0. The van der Waals surface area contributed by atoms with Crippen LogP contribution in [0.25, 0.3) is 0 Å². The molecule has 1 saturated heterocycles. The van der Waals surface area contributed by atoms with Crippen LogP contribution in [0.2, 0.25) is 0 Å². The molecule has 402 valence electrons. The van der Waals surface area contributed by atoms with Gasteiger partial charge in [-0.05, 0) is 32.1 Å². The van der Waals surface area contributed by atoms with Crippen LogP contribution in [0.4, 0.5) is 0 Å². The number of hydrogen-bond acceptors (Lipinski definition) is 10. The summed E-state index contributed by atoms with van der Waals surface area (Å²) < 4.78 is 16.7. The number of ether oxygens (including phenoxy) is 3. The molecule has 11 nitrogen and oxygen atoms in total. The molecule has 0 bridgehead atoms. The predicted octanol–water partition coefficient (Wildman–Crippen LogP) is 12.8. The summed E-state index contributed by atoms with van der Waals surface area (Å²) in [6.45, 7) is 4.31. The first-order valence-corrected chi connectivity index (χ1v) is 29.0. The molecule has 1 fully saturated rings. The molecule has 1 aliphatic rings. The molecule has 1 rings (SSSR count). The molecule has 0 aromatic carbocycles. The number of amides is 1. The first kappa shape index (κ1) is 64.4. The van der Waals surface area contributed by atoms with Crippen molar-refractivity contribution in [3.8, 4) is 0 Å². The molecule has 11 heteroatoms. The van der Waals surface area contributed by atoms with Crippen molar-refractivity contribution in [1.29, 1.82) is 0 Å². The summed E-state index contributed by atoms with van der Waals surface area (Å²) >= 11 is 0. The second kappa shape index (κ2) is 47.7. The van der Waals surface area contributed by atoms with Gasteiger partial charge in [-0.3, -0.25) is 9.59 Å². The Morgan fingerprint density at radius 2 is 0.926 bits per heavy atom. The molecule has 0 radical (unpaired) electrons. The van der Waals surface area contributed by atoms with Crippen LogP contribution in [0.1, 0.15) is 277 Å². The molecule has 7 unspecified atom stereocenters. The molecule has 0 aliphatic carbocycles. The van der Waals surface area contributed by atoms with Gasteiger partial charge in [0.25, 0.3) is 0 Å². The van der Waals surface area contributed by atoms with E-state index in [9.17, 15) is 35.1 Å². The number of carbonyl (C=O) groups is 2. The van der Waals surface area contributed by atoms with E-state index in [0.29, 0.717) is 19.4 Å². The Balaban J connectivity index is 2.03. The van der Waals surface area contributed by atoms with Gasteiger partial charge in [0.2, 0.25) is 5.91 Å². The van der Waals surface area contributed by atoms with Crippen molar-refractivity contribution in [2.24, 2.45) is 0 Å². The summed E-state index contributed by atoms with van der Waals surface area (Å²) in [6.07, 6.45) is 44.5. The smallest absolute Gasteiger partial charge is 0.305 e. The first-order chi connectivity index (χ1) is 33.2. The third-order valence-corrected chi connectivity index (χ3v) is 13.9. The van der Waals surface area contributed by atoms with Crippen LogP contribution in [0.5, 0.6) is 0 Å². The zero-order valence-corrected chi connectivity index (χ0v) is 44.1. The van der Waals surface area contributed by atoms with E-state index in [2.05, 4.69) is 19.2 Å². The Morgan fingerprint density at radius 3 is 1.37 bits per heavy atom. The maximum absolute atomic E-state index is 13.0. The van der Waals surface area contributed by atoms with E-state index in [1.165, 1.54) is 186 Å². The minimum absolute atomic E-state index is 0.00494. The molecule has 0 aromatic rings. The standard InChI is InChI=1S/C57H109NO10/c1-3-5-7-9-11-13-14-25-29-33-37-41-45-53(62)66-46-42-38-34-30-26-23-21-19-17-15-16-18-20-22-24-28-32-36-40-44-52(61)58-49(50(60)43-39-35-31-27-12-10-8-6-4-2)48-67-57-56(65)55(64)54(63)51(47-59)68-57/h39,43,49-51,54-57,59-60,63-65H,3-38,40-42,44-48H2,1-2H3,(H,58,61)/b43-39+. The molecule has 1 heterocycles. The third kappa shape index (κ3) is 37.2. The zero-order valence-electron chi connectivity index (χ0n) is 44.1. The van der Waals surface area contributed by atoms with Gasteiger partial charge in [-0.15, -0.1) is 0 Å². The fraction of sp³-hybridized carbons (Fsp3) is 0.930. The van der Waals surface area contributed by atoms with Crippen LogP contribution in [0, 0.1) is 0 Å². The van der Waals surface area contributed by atoms with Gasteiger partial charge in [-0.1, -0.05) is 244 Å². The lowest BCUT2D eigenvalue weighted by molar-refractivity contribution is -0.302. The highest BCUT2D eigenvalue weighted by molar-refractivity contribution is 5.76. The Kier molecular flexibility index (Phi) is 45.2. The molecule has 1 amide bonds. The van der Waals surface area contributed by atoms with E-state index in [-0.39, 0.29) is 18.5 Å². The lowest BCUT2D eigenvalue weighted by Gasteiger charge is -2.40. The van der Waals surface area contributed by atoms with E-state index in [1.807, 2.05) is 6.08 Å². The van der Waals surface area contributed by atoms with Gasteiger partial charge >= 0.3 is 5.97 Å². The average molecular weight is 968 g/mol. The molecule has 6 N–H and O–H groups in total. The number of unbranched alkanes of at least 4 members (excludes halogenated alkanes) is 36. The van der Waals surface area contributed by atoms with Gasteiger partial charge in [0, 0.05) is 12.8 Å². The highest BCUT2D eigenvalue weighted by Crippen LogP contribution is 2.23. The lowest BCUT2D eigenvalue weighted by Crippen LogP contribution is -2.60. The molecule has 7 atom stereocenters. The SMILES string of the molecule is CCCCCCCCC/C=C/C(O)C(COC1OC(CO)C(O)C(O)C1O)NC(=O)CCCCCCCCCCCCCCCCCCCCCOC(=O)CCCCCCCCCCCCCC. The van der Waals surface area contributed by atoms with E-state index in [4.69, 9.17) is 14.2 Å². The number of carbonyl (C=O) groups excluding carboxylic acids is 2. The highest BCUT2D eigenvalue weighted by Gasteiger charge is 2.44. The largest absolute Gasteiger partial charge is 0.466 e. The van der Waals surface area contributed by atoms with Crippen molar-refractivity contribution < 1.29 is 49.3 Å². The fourth-order valence-electron chi connectivity index (χ4n) is 9.26. The van der Waals surface area contributed by atoms with Crippen molar-refractivity contribution in [1.82, 2.24) is 5.32 Å². The number of nitrogens with one attached hydrogen (secondary N) is 1. The van der Waals surface area contributed by atoms with Crippen molar-refractivity contribution in [3.05, 3.63) is 12.2 Å². The maximum Gasteiger partial charge on any atom is 0.305 e. The van der Waals surface area contributed by atoms with E-state index < -0.39 is 49.5 Å². The Hall–Kier alpha value is -1.60. The van der Waals surface area contributed by atoms with Crippen LogP contribution in [-0.4, -0.2) is 100 Å². The van der Waals surface area contributed by atoms with Gasteiger partial charge in [0.05, 0.1) is 32.0 Å². The van der Waals surface area contributed by atoms with Crippen LogP contribution in [-0.2, 0) is 23.8 Å². The number of rotatable bonds is 50. The normalized spacial score (nSPS) is 19.4. The van der Waals surface area contributed by atoms with E-state index in [1.54, 1.807) is 6.08 Å². The number of hydrogen-bond donors (Lipinski definition) is 6. The average Bonchev–Trinajstić information content (AvgIpc) is 3.33. The molecular weight excluding hydrogens is 859 g/mol. The number of aliphatic hydroxyl groups is 5. The van der Waals surface area contributed by atoms with Crippen molar-refractivity contribution >= 4 is 11.9 Å². The summed E-state index contributed by atoms with van der Waals surface area (Å²) in [6, 6.07) is -0.809. The van der Waals surface area contributed by atoms with Crippen LogP contribution in [0.15, 0.2) is 12.2 Å². The number of esters is 1. The Bertz CT molecular complexity index is 1140. The summed E-state index contributed by atoms with van der Waals surface area (Å²) in [5.74, 6) is -0.191. The molecule has 68 heavy (non-hydrogen) atoms. The van der Waals surface area contributed by atoms with Crippen LogP contribution < -0.4 is 5.32 Å². The van der Waals surface area contributed by atoms with Gasteiger partial charge in [-0.2, -0.15) is 0 Å². The van der Waals surface area contributed by atoms with E-state index >= 15 is 0 Å². The lowest BCUT2D eigenvalue weighted by atomic mass is 9.99. The summed E-state index contributed by atoms with van der Waals surface area (Å²) in [4.78, 5) is 25.0. The molecule has 1 aliphatic heterocycles. The number of allylic oxidation sites excluding steroid dienone is 1. The Morgan fingerprint density at radius 1 is 0.529 bits per heavy atom. The topological polar surface area (TPSA) is 175 Å². The summed E-state index contributed by atoms with van der Waals surface area (Å²) in [5, 5.41) is 54.2. The minimum atomic E-state index is -1.57. The molecular formula is C57H109NO10. The van der Waals surface area contributed by atoms with Gasteiger partial charge in [0.15, 0.2) is 6.29 Å². The van der Waals surface area contributed by atoms with E-state index in [0.717, 1.165) is 64.2 Å². The highest BCUT2D eigenvalue weighted by atomic mass is 16.7. The monoisotopic (exact) mass is 968 g/mol.